The Morgan fingerprint density at radius 3 is 2.37 bits per heavy atom. The summed E-state index contributed by atoms with van der Waals surface area (Å²) in [5.74, 6) is 1.55. The zero-order chi connectivity index (χ0) is 30.6. The van der Waals surface area contributed by atoms with E-state index in [9.17, 15) is 9.59 Å². The number of carbonyl (C=O) groups excluding carboxylic acids is 2. The first kappa shape index (κ1) is 31.7. The van der Waals surface area contributed by atoms with Crippen LogP contribution in [-0.4, -0.2) is 81.5 Å². The molecule has 0 spiro atoms. The lowest BCUT2D eigenvalue weighted by Gasteiger charge is -2.37. The normalized spacial score (nSPS) is 20.1. The van der Waals surface area contributed by atoms with Crippen LogP contribution in [0.2, 0.25) is 0 Å². The van der Waals surface area contributed by atoms with Crippen molar-refractivity contribution < 1.29 is 9.59 Å². The van der Waals surface area contributed by atoms with E-state index in [1.54, 1.807) is 6.33 Å². The highest BCUT2D eigenvalue weighted by molar-refractivity contribution is 5.86. The molecule has 2 aromatic heterocycles. The van der Waals surface area contributed by atoms with E-state index in [0.717, 1.165) is 93.1 Å². The Labute approximate surface area is 275 Å². The van der Waals surface area contributed by atoms with Gasteiger partial charge in [-0.3, -0.25) is 9.59 Å². The van der Waals surface area contributed by atoms with Crippen LogP contribution in [0.25, 0.3) is 11.2 Å². The van der Waals surface area contributed by atoms with Crippen LogP contribution in [0, 0.1) is 5.92 Å². The lowest BCUT2D eigenvalue weighted by Crippen LogP contribution is -2.49. The van der Waals surface area contributed by atoms with Crippen molar-refractivity contribution in [2.45, 2.75) is 50.6 Å². The van der Waals surface area contributed by atoms with Crippen molar-refractivity contribution in [2.24, 2.45) is 5.92 Å². The maximum atomic E-state index is 12.8. The van der Waals surface area contributed by atoms with Crippen molar-refractivity contribution >= 4 is 52.6 Å². The van der Waals surface area contributed by atoms with Crippen LogP contribution in [0.5, 0.6) is 0 Å². The predicted molar refractivity (Wildman–Crippen MR) is 182 cm³/mol. The zero-order valence-corrected chi connectivity index (χ0v) is 26.8. The second-order valence-corrected chi connectivity index (χ2v) is 12.5. The molecule has 1 aliphatic carbocycles. The maximum absolute atomic E-state index is 12.8. The average Bonchev–Trinajstić information content (AvgIpc) is 3.48. The van der Waals surface area contributed by atoms with Gasteiger partial charge in [-0.2, -0.15) is 0 Å². The largest absolute Gasteiger partial charge is 0.368 e. The SMILES string of the molecule is Cl.O=C(Cc1ccccc1)NC1CC(n2cnc3c(Nc4ccc(N5CCN(C(=O)CC6CCNCC6)CC5)cc4)ncnc32)C1. The molecule has 4 aromatic rings. The number of hydrogen-bond acceptors (Lipinski definition) is 8. The summed E-state index contributed by atoms with van der Waals surface area (Å²) in [7, 11) is 0. The molecule has 1 saturated carbocycles. The van der Waals surface area contributed by atoms with Crippen LogP contribution in [-0.2, 0) is 16.0 Å². The predicted octanol–water partition coefficient (Wildman–Crippen LogP) is 4.09. The summed E-state index contributed by atoms with van der Waals surface area (Å²) in [5, 5.41) is 9.96. The van der Waals surface area contributed by atoms with Crippen LogP contribution >= 0.6 is 12.4 Å². The lowest BCUT2D eigenvalue weighted by atomic mass is 9.86. The van der Waals surface area contributed by atoms with Gasteiger partial charge in [0.1, 0.15) is 6.33 Å². The molecule has 2 amide bonds. The summed E-state index contributed by atoms with van der Waals surface area (Å²) in [6.07, 6.45) is 8.39. The summed E-state index contributed by atoms with van der Waals surface area (Å²) in [6, 6.07) is 18.6. The van der Waals surface area contributed by atoms with Gasteiger partial charge >= 0.3 is 0 Å². The van der Waals surface area contributed by atoms with Crippen LogP contribution in [0.3, 0.4) is 0 Å². The van der Waals surface area contributed by atoms with Gasteiger partial charge in [-0.15, -0.1) is 12.4 Å². The Balaban J connectivity index is 0.00000372. The molecule has 3 aliphatic rings. The van der Waals surface area contributed by atoms with E-state index in [4.69, 9.17) is 0 Å². The number of hydrogen-bond donors (Lipinski definition) is 3. The molecule has 242 valence electrons. The van der Waals surface area contributed by atoms with Crippen LogP contribution in [0.1, 0.15) is 43.7 Å². The minimum Gasteiger partial charge on any atom is -0.368 e. The second kappa shape index (κ2) is 14.5. The van der Waals surface area contributed by atoms with Crippen molar-refractivity contribution in [1.29, 1.82) is 0 Å². The molecule has 2 aromatic carbocycles. The molecule has 3 N–H and O–H groups in total. The second-order valence-electron chi connectivity index (χ2n) is 12.5. The van der Waals surface area contributed by atoms with Gasteiger partial charge < -0.3 is 30.3 Å². The maximum Gasteiger partial charge on any atom is 0.224 e. The van der Waals surface area contributed by atoms with Crippen molar-refractivity contribution in [3.8, 4) is 0 Å². The van der Waals surface area contributed by atoms with Gasteiger partial charge in [0.05, 0.1) is 12.7 Å². The van der Waals surface area contributed by atoms with Crippen LogP contribution in [0.15, 0.2) is 67.3 Å². The van der Waals surface area contributed by atoms with E-state index in [2.05, 4.69) is 64.6 Å². The van der Waals surface area contributed by atoms with Crippen molar-refractivity contribution in [3.05, 3.63) is 72.8 Å². The number of carbonyl (C=O) groups is 2. The summed E-state index contributed by atoms with van der Waals surface area (Å²) < 4.78 is 2.10. The summed E-state index contributed by atoms with van der Waals surface area (Å²) in [4.78, 5) is 43.4. The first-order valence-corrected chi connectivity index (χ1v) is 16.2. The van der Waals surface area contributed by atoms with Crippen molar-refractivity contribution in [1.82, 2.24) is 35.1 Å². The number of nitrogens with zero attached hydrogens (tertiary/aromatic N) is 6. The first-order valence-electron chi connectivity index (χ1n) is 16.2. The molecule has 11 nitrogen and oxygen atoms in total. The molecule has 2 saturated heterocycles. The molecular formula is C34H42ClN9O2. The number of piperazine rings is 1. The monoisotopic (exact) mass is 643 g/mol. The highest BCUT2D eigenvalue weighted by Crippen LogP contribution is 2.35. The fourth-order valence-electron chi connectivity index (χ4n) is 6.77. The molecule has 0 bridgehead atoms. The molecule has 12 heteroatoms. The Morgan fingerprint density at radius 2 is 1.63 bits per heavy atom. The molecule has 0 atom stereocenters. The number of fused-ring (bicyclic) bond motifs is 1. The lowest BCUT2D eigenvalue weighted by molar-refractivity contribution is -0.132. The van der Waals surface area contributed by atoms with Crippen molar-refractivity contribution in [3.63, 3.8) is 0 Å². The van der Waals surface area contributed by atoms with Gasteiger partial charge in [-0.05, 0) is 74.5 Å². The topological polar surface area (TPSA) is 120 Å². The van der Waals surface area contributed by atoms with Gasteiger partial charge in [0, 0.05) is 56.1 Å². The fraction of sp³-hybridized carbons (Fsp3) is 0.441. The Morgan fingerprint density at radius 1 is 0.891 bits per heavy atom. The van der Waals surface area contributed by atoms with Crippen molar-refractivity contribution in [2.75, 3.05) is 49.5 Å². The Hall–Kier alpha value is -4.22. The van der Waals surface area contributed by atoms with Crippen LogP contribution < -0.4 is 20.9 Å². The van der Waals surface area contributed by atoms with Gasteiger partial charge in [0.15, 0.2) is 17.0 Å². The molecule has 3 fully saturated rings. The smallest absolute Gasteiger partial charge is 0.224 e. The van der Waals surface area contributed by atoms with Gasteiger partial charge in [-0.1, -0.05) is 30.3 Å². The number of amides is 2. The number of aromatic nitrogens is 4. The summed E-state index contributed by atoms with van der Waals surface area (Å²) in [6.45, 7) is 5.28. The molecule has 7 rings (SSSR count). The average molecular weight is 644 g/mol. The minimum atomic E-state index is 0. The highest BCUT2D eigenvalue weighted by Gasteiger charge is 2.33. The summed E-state index contributed by atoms with van der Waals surface area (Å²) >= 11 is 0. The summed E-state index contributed by atoms with van der Waals surface area (Å²) in [5.41, 5.74) is 4.61. The molecule has 2 aliphatic heterocycles. The van der Waals surface area contributed by atoms with E-state index < -0.39 is 0 Å². The third kappa shape index (κ3) is 7.26. The molecular weight excluding hydrogens is 602 g/mol. The van der Waals surface area contributed by atoms with E-state index in [-0.39, 0.29) is 30.4 Å². The first-order chi connectivity index (χ1) is 22.1. The number of halogens is 1. The number of benzene rings is 2. The van der Waals surface area contributed by atoms with Crippen LogP contribution in [0.4, 0.5) is 17.2 Å². The molecule has 4 heterocycles. The molecule has 0 radical (unpaired) electrons. The number of anilines is 3. The Bertz CT molecular complexity index is 1610. The zero-order valence-electron chi connectivity index (χ0n) is 26.0. The quantitative estimate of drug-likeness (QED) is 0.250. The van der Waals surface area contributed by atoms with E-state index in [1.165, 1.54) is 0 Å². The third-order valence-corrected chi connectivity index (χ3v) is 9.49. The third-order valence-electron chi connectivity index (χ3n) is 9.49. The standard InChI is InChI=1S/C34H41N9O2.ClH/c44-30(18-24-4-2-1-3-5-24)39-27-20-29(21-27)43-23-38-32-33(36-22-37-34(32)43)40-26-6-8-28(9-7-26)41-14-16-42(17-15-41)31(45)19-25-10-12-35-13-11-25;/h1-9,22-23,25,27,29,35H,10-21H2,(H,39,44)(H,36,37,40);1H. The Kier molecular flexibility index (Phi) is 9.99. The van der Waals surface area contributed by atoms with E-state index in [0.29, 0.717) is 30.5 Å². The van der Waals surface area contributed by atoms with Gasteiger partial charge in [0.2, 0.25) is 11.8 Å². The number of imidazole rings is 1. The number of nitrogens with one attached hydrogen (secondary N) is 3. The minimum absolute atomic E-state index is 0. The molecule has 0 unspecified atom stereocenters. The number of rotatable bonds is 9. The van der Waals surface area contributed by atoms with Gasteiger partial charge in [-0.25, -0.2) is 15.0 Å². The number of piperidine rings is 1. The molecule has 46 heavy (non-hydrogen) atoms. The van der Waals surface area contributed by atoms with E-state index >= 15 is 0 Å². The van der Waals surface area contributed by atoms with Gasteiger partial charge in [0.25, 0.3) is 0 Å². The fourth-order valence-corrected chi connectivity index (χ4v) is 6.77. The highest BCUT2D eigenvalue weighted by atomic mass is 35.5. The van der Waals surface area contributed by atoms with E-state index in [1.807, 2.05) is 41.6 Å².